The van der Waals surface area contributed by atoms with Gasteiger partial charge in [-0.1, -0.05) is 62.4 Å². The molecule has 0 unspecified atom stereocenters. The van der Waals surface area contributed by atoms with Crippen LogP contribution in [0.5, 0.6) is 0 Å². The monoisotopic (exact) mass is 325 g/mol. The summed E-state index contributed by atoms with van der Waals surface area (Å²) in [5.74, 6) is -0.987. The molecular formula is C16H23NO4S. The van der Waals surface area contributed by atoms with Gasteiger partial charge in [0.15, 0.2) is 0 Å². The molecule has 1 aromatic carbocycles. The van der Waals surface area contributed by atoms with Gasteiger partial charge in [0, 0.05) is 0 Å². The first-order valence-corrected chi connectivity index (χ1v) is 9.38. The van der Waals surface area contributed by atoms with Gasteiger partial charge in [-0.25, -0.2) is 13.1 Å². The molecule has 0 amide bonds. The van der Waals surface area contributed by atoms with Crippen LogP contribution in [0.4, 0.5) is 0 Å². The zero-order valence-corrected chi connectivity index (χ0v) is 13.4. The second kappa shape index (κ2) is 7.74. The van der Waals surface area contributed by atoms with Crippen LogP contribution in [-0.2, 0) is 20.6 Å². The molecule has 5 nitrogen and oxygen atoms in total. The molecule has 0 aliphatic heterocycles. The van der Waals surface area contributed by atoms with Gasteiger partial charge in [0.1, 0.15) is 6.04 Å². The van der Waals surface area contributed by atoms with Crippen molar-refractivity contribution < 1.29 is 18.3 Å². The number of sulfonamides is 1. The van der Waals surface area contributed by atoms with E-state index in [-0.39, 0.29) is 5.75 Å². The van der Waals surface area contributed by atoms with Crippen LogP contribution >= 0.6 is 0 Å². The number of hydrogen-bond acceptors (Lipinski definition) is 3. The molecule has 2 N–H and O–H groups in total. The molecule has 122 valence electrons. The van der Waals surface area contributed by atoms with E-state index in [9.17, 15) is 18.3 Å². The summed E-state index contributed by atoms with van der Waals surface area (Å²) in [5, 5.41) is 9.31. The van der Waals surface area contributed by atoms with Gasteiger partial charge in [-0.2, -0.15) is 0 Å². The maximum absolute atomic E-state index is 12.2. The molecule has 0 bridgehead atoms. The maximum atomic E-state index is 12.2. The lowest BCUT2D eigenvalue weighted by Gasteiger charge is -2.25. The van der Waals surface area contributed by atoms with Crippen molar-refractivity contribution in [1.29, 1.82) is 0 Å². The van der Waals surface area contributed by atoms with E-state index in [1.54, 1.807) is 24.3 Å². The van der Waals surface area contributed by atoms with Gasteiger partial charge in [0.2, 0.25) is 10.0 Å². The highest BCUT2D eigenvalue weighted by Crippen LogP contribution is 2.27. The largest absolute Gasteiger partial charge is 0.480 e. The lowest BCUT2D eigenvalue weighted by molar-refractivity contribution is -0.139. The molecule has 1 aliphatic carbocycles. The third kappa shape index (κ3) is 5.42. The van der Waals surface area contributed by atoms with Crippen LogP contribution in [0.25, 0.3) is 0 Å². The molecule has 1 saturated carbocycles. The first-order chi connectivity index (χ1) is 10.5. The summed E-state index contributed by atoms with van der Waals surface area (Å²) in [6.07, 6.45) is 5.76. The molecule has 1 aromatic rings. The second-order valence-electron chi connectivity index (χ2n) is 5.99. The molecule has 1 fully saturated rings. The minimum absolute atomic E-state index is 0.192. The number of carboxylic acid groups (broad SMARTS) is 1. The Labute approximate surface area is 131 Å². The number of aliphatic carboxylic acids is 1. The summed E-state index contributed by atoms with van der Waals surface area (Å²) >= 11 is 0. The predicted octanol–water partition coefficient (Wildman–Crippen LogP) is 2.53. The van der Waals surface area contributed by atoms with Crippen LogP contribution < -0.4 is 4.72 Å². The molecule has 0 saturated heterocycles. The van der Waals surface area contributed by atoms with Crippen molar-refractivity contribution in [2.24, 2.45) is 5.92 Å². The van der Waals surface area contributed by atoms with Crippen molar-refractivity contribution in [3.05, 3.63) is 35.9 Å². The van der Waals surface area contributed by atoms with Gasteiger partial charge in [0.05, 0.1) is 5.75 Å². The average Bonchev–Trinajstić information content (AvgIpc) is 2.48. The van der Waals surface area contributed by atoms with Crippen LogP contribution in [0.2, 0.25) is 0 Å². The van der Waals surface area contributed by atoms with Crippen LogP contribution in [0.1, 0.15) is 44.1 Å². The fourth-order valence-electron chi connectivity index (χ4n) is 3.01. The van der Waals surface area contributed by atoms with Crippen molar-refractivity contribution in [2.75, 3.05) is 0 Å². The smallest absolute Gasteiger partial charge is 0.321 e. The van der Waals surface area contributed by atoms with Crippen molar-refractivity contribution >= 4 is 16.0 Å². The maximum Gasteiger partial charge on any atom is 0.321 e. The van der Waals surface area contributed by atoms with Crippen molar-refractivity contribution in [3.63, 3.8) is 0 Å². The Hall–Kier alpha value is -1.40. The first kappa shape index (κ1) is 17.0. The minimum Gasteiger partial charge on any atom is -0.480 e. The van der Waals surface area contributed by atoms with Crippen LogP contribution in [-0.4, -0.2) is 25.5 Å². The molecule has 0 aromatic heterocycles. The number of nitrogens with one attached hydrogen (secondary N) is 1. The van der Waals surface area contributed by atoms with Crippen LogP contribution in [0.15, 0.2) is 30.3 Å². The van der Waals surface area contributed by atoms with Crippen LogP contribution in [0.3, 0.4) is 0 Å². The molecule has 0 spiro atoms. The van der Waals surface area contributed by atoms with E-state index in [1.807, 2.05) is 6.07 Å². The number of rotatable bonds is 7. The fraction of sp³-hybridized carbons (Fsp3) is 0.562. The molecular weight excluding hydrogens is 302 g/mol. The molecule has 1 atom stereocenters. The number of carboxylic acids is 1. The number of carbonyl (C=O) groups is 1. The van der Waals surface area contributed by atoms with E-state index in [4.69, 9.17) is 0 Å². The highest BCUT2D eigenvalue weighted by Gasteiger charge is 2.28. The molecule has 1 aliphatic rings. The van der Waals surface area contributed by atoms with Crippen molar-refractivity contribution in [1.82, 2.24) is 4.72 Å². The van der Waals surface area contributed by atoms with Gasteiger partial charge in [0.25, 0.3) is 0 Å². The van der Waals surface area contributed by atoms with Gasteiger partial charge >= 0.3 is 5.97 Å². The van der Waals surface area contributed by atoms with Crippen LogP contribution in [0, 0.1) is 5.92 Å². The standard InChI is InChI=1S/C16H23NO4S/c18-16(19)15(11-13-7-3-1-4-8-13)17-22(20,21)12-14-9-5-2-6-10-14/h2,5-6,9-10,13,15,17H,1,3-4,7-8,11-12H2,(H,18,19)/t15-/m0/s1. The minimum atomic E-state index is -3.66. The Morgan fingerprint density at radius 3 is 2.41 bits per heavy atom. The fourth-order valence-corrected chi connectivity index (χ4v) is 4.35. The second-order valence-corrected chi connectivity index (χ2v) is 7.75. The lowest BCUT2D eigenvalue weighted by atomic mass is 9.85. The van der Waals surface area contributed by atoms with E-state index in [0.29, 0.717) is 17.9 Å². The summed E-state index contributed by atoms with van der Waals surface area (Å²) in [7, 11) is -3.66. The van der Waals surface area contributed by atoms with Crippen molar-refractivity contribution in [2.45, 2.75) is 50.3 Å². The number of hydrogen-bond donors (Lipinski definition) is 2. The van der Waals surface area contributed by atoms with E-state index >= 15 is 0 Å². The molecule has 0 radical (unpaired) electrons. The normalized spacial score (nSPS) is 18.0. The summed E-state index contributed by atoms with van der Waals surface area (Å²) in [6, 6.07) is 7.75. The van der Waals surface area contributed by atoms with E-state index in [2.05, 4.69) is 4.72 Å². The predicted molar refractivity (Wildman–Crippen MR) is 84.8 cm³/mol. The zero-order chi connectivity index (χ0) is 16.0. The Morgan fingerprint density at radius 2 is 1.82 bits per heavy atom. The summed E-state index contributed by atoms with van der Waals surface area (Å²) < 4.78 is 26.7. The van der Waals surface area contributed by atoms with Gasteiger partial charge in [-0.15, -0.1) is 0 Å². The Balaban J connectivity index is 1.98. The van der Waals surface area contributed by atoms with E-state index < -0.39 is 22.0 Å². The topological polar surface area (TPSA) is 83.5 Å². The SMILES string of the molecule is O=C(O)[C@H](CC1CCCCC1)NS(=O)(=O)Cc1ccccc1. The summed E-state index contributed by atoms with van der Waals surface area (Å²) in [4.78, 5) is 11.4. The Morgan fingerprint density at radius 1 is 1.18 bits per heavy atom. The Kier molecular flexibility index (Phi) is 5.97. The molecule has 0 heterocycles. The highest BCUT2D eigenvalue weighted by atomic mass is 32.2. The van der Waals surface area contributed by atoms with Gasteiger partial charge in [-0.05, 0) is 17.9 Å². The molecule has 6 heteroatoms. The average molecular weight is 325 g/mol. The van der Waals surface area contributed by atoms with Gasteiger partial charge in [-0.3, -0.25) is 4.79 Å². The summed E-state index contributed by atoms with van der Waals surface area (Å²) in [6.45, 7) is 0. The zero-order valence-electron chi connectivity index (χ0n) is 12.6. The number of benzene rings is 1. The quantitative estimate of drug-likeness (QED) is 0.807. The lowest BCUT2D eigenvalue weighted by Crippen LogP contribution is -2.42. The highest BCUT2D eigenvalue weighted by molar-refractivity contribution is 7.88. The van der Waals surface area contributed by atoms with E-state index in [0.717, 1.165) is 25.7 Å². The van der Waals surface area contributed by atoms with E-state index in [1.165, 1.54) is 6.42 Å². The first-order valence-electron chi connectivity index (χ1n) is 7.73. The third-order valence-corrected chi connectivity index (χ3v) is 5.47. The van der Waals surface area contributed by atoms with Crippen molar-refractivity contribution in [3.8, 4) is 0 Å². The van der Waals surface area contributed by atoms with Gasteiger partial charge < -0.3 is 5.11 Å². The third-order valence-electron chi connectivity index (χ3n) is 4.11. The Bertz CT molecular complexity index is 579. The molecule has 22 heavy (non-hydrogen) atoms. The molecule has 2 rings (SSSR count). The summed E-state index contributed by atoms with van der Waals surface area (Å²) in [5.41, 5.74) is 0.650.